The van der Waals surface area contributed by atoms with Crippen LogP contribution >= 0.6 is 17.0 Å². The van der Waals surface area contributed by atoms with Crippen LogP contribution in [0.3, 0.4) is 0 Å². The molecule has 4 heteroatoms. The number of aromatic nitrogens is 1. The number of hydrogen-bond acceptors (Lipinski definition) is 3. The average molecular weight is 205 g/mol. The Morgan fingerprint density at radius 1 is 1.60 bits per heavy atom. The SMILES string of the molecule is Br.COc1ccnc(N)c1. The van der Waals surface area contributed by atoms with Crippen LogP contribution < -0.4 is 10.5 Å². The summed E-state index contributed by atoms with van der Waals surface area (Å²) in [4.78, 5) is 3.79. The van der Waals surface area contributed by atoms with Gasteiger partial charge in [0.1, 0.15) is 11.6 Å². The van der Waals surface area contributed by atoms with E-state index in [2.05, 4.69) is 4.98 Å². The monoisotopic (exact) mass is 204 g/mol. The van der Waals surface area contributed by atoms with E-state index in [1.54, 1.807) is 25.4 Å². The van der Waals surface area contributed by atoms with Gasteiger partial charge in [0.25, 0.3) is 0 Å². The van der Waals surface area contributed by atoms with Crippen LogP contribution in [0, 0.1) is 0 Å². The molecule has 10 heavy (non-hydrogen) atoms. The van der Waals surface area contributed by atoms with Crippen molar-refractivity contribution in [2.75, 3.05) is 12.8 Å². The van der Waals surface area contributed by atoms with Crippen LogP contribution in [0.2, 0.25) is 0 Å². The van der Waals surface area contributed by atoms with Crippen LogP contribution in [0.15, 0.2) is 18.3 Å². The molecule has 0 fully saturated rings. The lowest BCUT2D eigenvalue weighted by atomic mass is 10.4. The van der Waals surface area contributed by atoms with Gasteiger partial charge in [-0.25, -0.2) is 4.98 Å². The fourth-order valence-corrected chi connectivity index (χ4v) is 0.555. The van der Waals surface area contributed by atoms with Crippen molar-refractivity contribution in [3.8, 4) is 5.75 Å². The zero-order valence-corrected chi connectivity index (χ0v) is 7.29. The maximum atomic E-state index is 5.34. The molecule has 1 aromatic heterocycles. The number of ether oxygens (including phenoxy) is 1. The summed E-state index contributed by atoms with van der Waals surface area (Å²) in [5.74, 6) is 1.22. The third-order valence-corrected chi connectivity index (χ3v) is 0.988. The predicted octanol–water partition coefficient (Wildman–Crippen LogP) is 1.25. The van der Waals surface area contributed by atoms with Crippen molar-refractivity contribution in [3.05, 3.63) is 18.3 Å². The molecule has 0 radical (unpaired) electrons. The van der Waals surface area contributed by atoms with Gasteiger partial charge in [-0.3, -0.25) is 0 Å². The van der Waals surface area contributed by atoms with Gasteiger partial charge in [0.2, 0.25) is 0 Å². The fourth-order valence-electron chi connectivity index (χ4n) is 0.555. The molecule has 2 N–H and O–H groups in total. The molecule has 1 heterocycles. The Morgan fingerprint density at radius 2 is 2.30 bits per heavy atom. The maximum Gasteiger partial charge on any atom is 0.126 e. The molecule has 0 aliphatic rings. The van der Waals surface area contributed by atoms with Gasteiger partial charge in [-0.05, 0) is 6.07 Å². The van der Waals surface area contributed by atoms with Gasteiger partial charge in [0, 0.05) is 12.3 Å². The lowest BCUT2D eigenvalue weighted by Gasteiger charge is -1.97. The number of nitrogen functional groups attached to an aromatic ring is 1. The van der Waals surface area contributed by atoms with Crippen LogP contribution in [0.4, 0.5) is 5.82 Å². The molecule has 0 aromatic carbocycles. The molecule has 56 valence electrons. The van der Waals surface area contributed by atoms with Crippen molar-refractivity contribution in [2.45, 2.75) is 0 Å². The van der Waals surface area contributed by atoms with E-state index in [4.69, 9.17) is 10.5 Å². The summed E-state index contributed by atoms with van der Waals surface area (Å²) >= 11 is 0. The standard InChI is InChI=1S/C6H8N2O.BrH/c1-9-5-2-3-8-6(7)4-5;/h2-4H,1H3,(H2,7,8);1H. The Balaban J connectivity index is 0.000000810. The normalized spacial score (nSPS) is 8.10. The molecule has 0 atom stereocenters. The summed E-state index contributed by atoms with van der Waals surface area (Å²) in [5, 5.41) is 0. The highest BCUT2D eigenvalue weighted by Gasteiger charge is 1.88. The number of nitrogens with two attached hydrogens (primary N) is 1. The number of methoxy groups -OCH3 is 1. The highest BCUT2D eigenvalue weighted by atomic mass is 79.9. The molecule has 0 bridgehead atoms. The second kappa shape index (κ2) is 4.11. The van der Waals surface area contributed by atoms with E-state index in [1.165, 1.54) is 0 Å². The van der Waals surface area contributed by atoms with E-state index in [9.17, 15) is 0 Å². The molecule has 0 aliphatic heterocycles. The summed E-state index contributed by atoms with van der Waals surface area (Å²) < 4.78 is 4.88. The quantitative estimate of drug-likeness (QED) is 0.750. The van der Waals surface area contributed by atoms with Crippen molar-refractivity contribution in [1.29, 1.82) is 0 Å². The van der Waals surface area contributed by atoms with Crippen LogP contribution in [-0.4, -0.2) is 12.1 Å². The molecule has 0 saturated carbocycles. The molecular weight excluding hydrogens is 196 g/mol. The van der Waals surface area contributed by atoms with Crippen LogP contribution in [-0.2, 0) is 0 Å². The largest absolute Gasteiger partial charge is 0.497 e. The first-order valence-corrected chi connectivity index (χ1v) is 2.58. The van der Waals surface area contributed by atoms with E-state index in [0.717, 1.165) is 5.75 Å². The molecule has 0 spiro atoms. The Hall–Kier alpha value is -0.770. The van der Waals surface area contributed by atoms with Gasteiger partial charge < -0.3 is 10.5 Å². The van der Waals surface area contributed by atoms with E-state index in [-0.39, 0.29) is 17.0 Å². The first-order chi connectivity index (χ1) is 4.33. The first-order valence-electron chi connectivity index (χ1n) is 2.58. The van der Waals surface area contributed by atoms with Gasteiger partial charge >= 0.3 is 0 Å². The fraction of sp³-hybridized carbons (Fsp3) is 0.167. The molecule has 1 aromatic rings. The highest BCUT2D eigenvalue weighted by molar-refractivity contribution is 8.93. The van der Waals surface area contributed by atoms with E-state index in [0.29, 0.717) is 5.82 Å². The Bertz CT molecular complexity index is 205. The number of nitrogens with zero attached hydrogens (tertiary/aromatic N) is 1. The number of pyridine rings is 1. The van der Waals surface area contributed by atoms with Gasteiger partial charge in [-0.2, -0.15) is 0 Å². The topological polar surface area (TPSA) is 48.1 Å². The van der Waals surface area contributed by atoms with Crippen molar-refractivity contribution in [1.82, 2.24) is 4.98 Å². The number of anilines is 1. The van der Waals surface area contributed by atoms with Crippen molar-refractivity contribution in [3.63, 3.8) is 0 Å². The van der Waals surface area contributed by atoms with E-state index < -0.39 is 0 Å². The van der Waals surface area contributed by atoms with Crippen molar-refractivity contribution in [2.24, 2.45) is 0 Å². The Morgan fingerprint density at radius 3 is 2.70 bits per heavy atom. The molecule has 1 rings (SSSR count). The lowest BCUT2D eigenvalue weighted by Crippen LogP contribution is -1.89. The summed E-state index contributed by atoms with van der Waals surface area (Å²) in [6, 6.07) is 3.41. The Kier molecular flexibility index (Phi) is 3.79. The minimum absolute atomic E-state index is 0. The molecular formula is C6H9BrN2O. The molecule has 0 amide bonds. The van der Waals surface area contributed by atoms with Crippen molar-refractivity contribution >= 4 is 22.8 Å². The summed E-state index contributed by atoms with van der Waals surface area (Å²) in [6.45, 7) is 0. The van der Waals surface area contributed by atoms with E-state index >= 15 is 0 Å². The highest BCUT2D eigenvalue weighted by Crippen LogP contribution is 2.09. The van der Waals surface area contributed by atoms with Crippen LogP contribution in [0.1, 0.15) is 0 Å². The molecule has 0 saturated heterocycles. The second-order valence-corrected chi connectivity index (χ2v) is 1.62. The molecule has 0 aliphatic carbocycles. The Labute approximate surface area is 70.0 Å². The number of hydrogen-bond donors (Lipinski definition) is 1. The van der Waals surface area contributed by atoms with Gasteiger partial charge in [-0.15, -0.1) is 17.0 Å². The zero-order chi connectivity index (χ0) is 6.69. The summed E-state index contributed by atoms with van der Waals surface area (Å²) in [7, 11) is 1.59. The van der Waals surface area contributed by atoms with Gasteiger partial charge in [-0.1, -0.05) is 0 Å². The lowest BCUT2D eigenvalue weighted by molar-refractivity contribution is 0.414. The maximum absolute atomic E-state index is 5.34. The van der Waals surface area contributed by atoms with Crippen LogP contribution in [0.5, 0.6) is 5.75 Å². The zero-order valence-electron chi connectivity index (χ0n) is 5.57. The second-order valence-electron chi connectivity index (χ2n) is 1.62. The molecule has 3 nitrogen and oxygen atoms in total. The van der Waals surface area contributed by atoms with Crippen molar-refractivity contribution < 1.29 is 4.74 Å². The van der Waals surface area contributed by atoms with Gasteiger partial charge in [0.05, 0.1) is 7.11 Å². The van der Waals surface area contributed by atoms with E-state index in [1.807, 2.05) is 0 Å². The minimum Gasteiger partial charge on any atom is -0.497 e. The van der Waals surface area contributed by atoms with Crippen LogP contribution in [0.25, 0.3) is 0 Å². The first kappa shape index (κ1) is 9.23. The van der Waals surface area contributed by atoms with Gasteiger partial charge in [0.15, 0.2) is 0 Å². The number of halogens is 1. The smallest absolute Gasteiger partial charge is 0.126 e. The number of rotatable bonds is 1. The third-order valence-electron chi connectivity index (χ3n) is 0.988. The minimum atomic E-state index is 0. The third kappa shape index (κ3) is 2.23. The predicted molar refractivity (Wildman–Crippen MR) is 45.5 cm³/mol. The molecule has 0 unspecified atom stereocenters. The average Bonchev–Trinajstić information content (AvgIpc) is 1.88. The summed E-state index contributed by atoms with van der Waals surface area (Å²) in [6.07, 6.45) is 1.61. The summed E-state index contributed by atoms with van der Waals surface area (Å²) in [5.41, 5.74) is 5.34.